The minimum atomic E-state index is -4.80. The molecule has 0 saturated heterocycles. The van der Waals surface area contributed by atoms with Crippen molar-refractivity contribution in [3.8, 4) is 17.1 Å². The first-order valence-electron chi connectivity index (χ1n) is 11.6. The summed E-state index contributed by atoms with van der Waals surface area (Å²) in [4.78, 5) is 39.3. The number of fused-ring (bicyclic) bond motifs is 1. The van der Waals surface area contributed by atoms with Gasteiger partial charge in [0, 0.05) is 17.0 Å². The van der Waals surface area contributed by atoms with E-state index in [1.807, 2.05) is 0 Å². The molecule has 11 nitrogen and oxygen atoms in total. The molecule has 3 N–H and O–H groups in total. The molecule has 210 valence electrons. The maximum absolute atomic E-state index is 13.6. The number of aromatic nitrogens is 1. The van der Waals surface area contributed by atoms with E-state index >= 15 is 0 Å². The number of nitrogens with zero attached hydrogens (tertiary/aromatic N) is 2. The summed E-state index contributed by atoms with van der Waals surface area (Å²) < 4.78 is 57.1. The lowest BCUT2D eigenvalue weighted by Gasteiger charge is -2.10. The highest BCUT2D eigenvalue weighted by Crippen LogP contribution is 2.44. The van der Waals surface area contributed by atoms with Gasteiger partial charge in [-0.2, -0.15) is 13.2 Å². The van der Waals surface area contributed by atoms with Crippen LogP contribution in [0.2, 0.25) is 0 Å². The number of primary amides is 1. The molecule has 0 radical (unpaired) electrons. The van der Waals surface area contributed by atoms with Crippen molar-refractivity contribution < 1.29 is 41.3 Å². The topological polar surface area (TPSA) is 164 Å². The highest BCUT2D eigenvalue weighted by Gasteiger charge is 2.35. The number of carbonyl (C=O) groups excluding carboxylic acids is 2. The molecule has 0 atom stereocenters. The fraction of sp³-hybridized carbons (Fsp3) is 0.115. The molecule has 0 fully saturated rings. The van der Waals surface area contributed by atoms with Gasteiger partial charge in [-0.25, -0.2) is 4.98 Å². The molecule has 4 heterocycles. The Morgan fingerprint density at radius 1 is 1.20 bits per heavy atom. The van der Waals surface area contributed by atoms with E-state index in [-0.39, 0.29) is 61.7 Å². The second-order valence-electron chi connectivity index (χ2n) is 8.62. The number of pyridine rings is 1. The van der Waals surface area contributed by atoms with Crippen LogP contribution in [0.15, 0.2) is 63.6 Å². The Morgan fingerprint density at radius 3 is 2.63 bits per heavy atom. The maximum Gasteiger partial charge on any atom is 0.433 e. The first-order valence-corrected chi connectivity index (χ1v) is 12.4. The number of nitrogens with one attached hydrogen (secondary N) is 1. The van der Waals surface area contributed by atoms with Crippen LogP contribution < -0.4 is 15.8 Å². The normalized spacial score (nSPS) is 11.5. The Morgan fingerprint density at radius 2 is 1.98 bits per heavy atom. The SMILES string of the molecule is Cc1ccc(OCc2ccc(C(=O)Nc3c(C(N)=O)sc4nc(C(F)(F)F)cc(-c5ccco5)c34)o2)c([N+](=O)[O-])c1. The minimum Gasteiger partial charge on any atom is -0.479 e. The fourth-order valence-electron chi connectivity index (χ4n) is 3.96. The van der Waals surface area contributed by atoms with Gasteiger partial charge in [0.15, 0.2) is 11.5 Å². The molecule has 0 bridgehead atoms. The number of anilines is 1. The summed E-state index contributed by atoms with van der Waals surface area (Å²) >= 11 is 0.579. The Kier molecular flexibility index (Phi) is 6.96. The molecule has 4 aromatic heterocycles. The average Bonchev–Trinajstić information content (AvgIpc) is 3.67. The Hall–Kier alpha value is -5.18. The molecular formula is C26H17F3N4O7S. The molecule has 1 aromatic carbocycles. The lowest BCUT2D eigenvalue weighted by Crippen LogP contribution is -2.16. The molecule has 15 heteroatoms. The van der Waals surface area contributed by atoms with Crippen molar-refractivity contribution in [2.24, 2.45) is 5.73 Å². The Labute approximate surface area is 231 Å². The highest BCUT2D eigenvalue weighted by atomic mass is 32.1. The van der Waals surface area contributed by atoms with Crippen LogP contribution in [-0.4, -0.2) is 21.7 Å². The first-order chi connectivity index (χ1) is 19.4. The summed E-state index contributed by atoms with van der Waals surface area (Å²) in [7, 11) is 0. The van der Waals surface area contributed by atoms with E-state index < -0.39 is 28.6 Å². The van der Waals surface area contributed by atoms with Gasteiger partial charge in [-0.15, -0.1) is 11.3 Å². The predicted octanol–water partition coefficient (Wildman–Crippen LogP) is 6.31. The number of rotatable bonds is 8. The van der Waals surface area contributed by atoms with Crippen LogP contribution in [0.5, 0.6) is 5.75 Å². The van der Waals surface area contributed by atoms with Gasteiger partial charge in [-0.1, -0.05) is 6.07 Å². The van der Waals surface area contributed by atoms with E-state index in [1.165, 1.54) is 42.7 Å². The number of benzene rings is 1. The monoisotopic (exact) mass is 586 g/mol. The van der Waals surface area contributed by atoms with E-state index in [0.29, 0.717) is 16.9 Å². The first kappa shape index (κ1) is 27.4. The van der Waals surface area contributed by atoms with Gasteiger partial charge in [0.2, 0.25) is 0 Å². The largest absolute Gasteiger partial charge is 0.479 e. The average molecular weight is 587 g/mol. The molecule has 5 aromatic rings. The van der Waals surface area contributed by atoms with Crippen LogP contribution in [0.1, 0.15) is 37.2 Å². The summed E-state index contributed by atoms with van der Waals surface area (Å²) in [5.41, 5.74) is 4.44. The van der Waals surface area contributed by atoms with E-state index in [1.54, 1.807) is 13.0 Å². The third kappa shape index (κ3) is 5.47. The predicted molar refractivity (Wildman–Crippen MR) is 140 cm³/mol. The molecule has 0 aliphatic rings. The number of aryl methyl sites for hydroxylation is 1. The number of ether oxygens (including phenoxy) is 1. The zero-order chi connectivity index (χ0) is 29.5. The number of nitro groups is 1. The van der Waals surface area contributed by atoms with Crippen LogP contribution >= 0.6 is 11.3 Å². The molecule has 0 spiro atoms. The smallest absolute Gasteiger partial charge is 0.433 e. The molecule has 0 aliphatic heterocycles. The van der Waals surface area contributed by atoms with E-state index in [2.05, 4.69) is 10.3 Å². The van der Waals surface area contributed by atoms with Crippen molar-refractivity contribution in [2.45, 2.75) is 19.7 Å². The van der Waals surface area contributed by atoms with Gasteiger partial charge in [-0.3, -0.25) is 19.7 Å². The number of nitro benzene ring substituents is 1. The van der Waals surface area contributed by atoms with Crippen LogP contribution in [0.25, 0.3) is 21.5 Å². The van der Waals surface area contributed by atoms with Crippen molar-refractivity contribution in [1.29, 1.82) is 0 Å². The van der Waals surface area contributed by atoms with Crippen LogP contribution in [-0.2, 0) is 12.8 Å². The summed E-state index contributed by atoms with van der Waals surface area (Å²) in [5.74, 6) is -1.93. The van der Waals surface area contributed by atoms with Gasteiger partial charge in [0.25, 0.3) is 11.8 Å². The molecule has 0 unspecified atom stereocenters. The lowest BCUT2D eigenvalue weighted by atomic mass is 10.1. The third-order valence-electron chi connectivity index (χ3n) is 5.77. The summed E-state index contributed by atoms with van der Waals surface area (Å²) in [6.45, 7) is 1.44. The summed E-state index contributed by atoms with van der Waals surface area (Å²) in [5, 5.41) is 13.8. The van der Waals surface area contributed by atoms with E-state index in [0.717, 1.165) is 6.07 Å². The van der Waals surface area contributed by atoms with Crippen LogP contribution in [0, 0.1) is 17.0 Å². The number of amides is 2. The van der Waals surface area contributed by atoms with Crippen molar-refractivity contribution in [3.63, 3.8) is 0 Å². The van der Waals surface area contributed by atoms with E-state index in [4.69, 9.17) is 19.3 Å². The number of carbonyl (C=O) groups is 2. The number of thiophene rings is 1. The molecular weight excluding hydrogens is 569 g/mol. The van der Waals surface area contributed by atoms with Crippen LogP contribution in [0.4, 0.5) is 24.5 Å². The molecule has 41 heavy (non-hydrogen) atoms. The van der Waals surface area contributed by atoms with Crippen molar-refractivity contribution in [2.75, 3.05) is 5.32 Å². The second kappa shape index (κ2) is 10.4. The quantitative estimate of drug-likeness (QED) is 0.158. The van der Waals surface area contributed by atoms with Gasteiger partial charge in [0.1, 0.15) is 33.5 Å². The molecule has 0 saturated carbocycles. The number of halogens is 3. The molecule has 0 aliphatic carbocycles. The zero-order valence-corrected chi connectivity index (χ0v) is 21.6. The number of hydrogen-bond acceptors (Lipinski definition) is 9. The van der Waals surface area contributed by atoms with Gasteiger partial charge in [-0.05, 0) is 48.9 Å². The number of alkyl halides is 3. The number of furan rings is 2. The summed E-state index contributed by atoms with van der Waals surface area (Å²) in [6.07, 6.45) is -3.55. The van der Waals surface area contributed by atoms with Gasteiger partial charge in [0.05, 0.1) is 16.9 Å². The Balaban J connectivity index is 1.47. The highest BCUT2D eigenvalue weighted by molar-refractivity contribution is 7.21. The molecule has 5 rings (SSSR count). The fourth-order valence-corrected chi connectivity index (χ4v) is 4.96. The second-order valence-corrected chi connectivity index (χ2v) is 9.62. The number of nitrogens with two attached hydrogens (primary N) is 1. The molecule has 2 amide bonds. The van der Waals surface area contributed by atoms with Crippen LogP contribution in [0.3, 0.4) is 0 Å². The van der Waals surface area contributed by atoms with Gasteiger partial charge >= 0.3 is 11.9 Å². The third-order valence-corrected chi connectivity index (χ3v) is 6.87. The van der Waals surface area contributed by atoms with Gasteiger partial charge < -0.3 is 24.6 Å². The standard InChI is InChI=1S/C26H17F3N4O7S/c1-12-4-6-17(15(9-12)33(36)37)39-11-13-5-7-18(40-13)24(35)32-21-20-14(16-3-2-8-38-16)10-19(26(27,28)29)31-25(20)41-22(21)23(30)34/h2-10H,11H2,1H3,(H2,30,34)(H,32,35). The Bertz CT molecular complexity index is 1810. The van der Waals surface area contributed by atoms with Crippen molar-refractivity contribution >= 4 is 44.7 Å². The lowest BCUT2D eigenvalue weighted by molar-refractivity contribution is -0.386. The van der Waals surface area contributed by atoms with E-state index in [9.17, 15) is 32.9 Å². The maximum atomic E-state index is 13.6. The number of hydrogen-bond donors (Lipinski definition) is 2. The van der Waals surface area contributed by atoms with Crippen molar-refractivity contribution in [3.05, 3.63) is 92.6 Å². The zero-order valence-electron chi connectivity index (χ0n) is 20.8. The minimum absolute atomic E-state index is 0.00461. The summed E-state index contributed by atoms with van der Waals surface area (Å²) in [6, 6.07) is 10.7. The van der Waals surface area contributed by atoms with Crippen molar-refractivity contribution in [1.82, 2.24) is 4.98 Å².